The van der Waals surface area contributed by atoms with Gasteiger partial charge in [0.25, 0.3) is 23.6 Å². The maximum Gasteiger partial charge on any atom is 0.326 e. The molecule has 5 saturated heterocycles. The zero-order valence-corrected chi connectivity index (χ0v) is 30.7. The minimum atomic E-state index is -1.82. The van der Waals surface area contributed by atoms with Gasteiger partial charge in [0.1, 0.15) is 41.1 Å². The van der Waals surface area contributed by atoms with Crippen molar-refractivity contribution < 1.29 is 48.1 Å². The van der Waals surface area contributed by atoms with Gasteiger partial charge in [-0.2, -0.15) is 0 Å². The summed E-state index contributed by atoms with van der Waals surface area (Å²) in [5.74, 6) is -4.08. The Balaban J connectivity index is 1.33. The second-order valence-electron chi connectivity index (χ2n) is 14.1. The monoisotopic (exact) mass is 791 g/mol. The number of halogens is 1. The van der Waals surface area contributed by atoms with E-state index in [-0.39, 0.29) is 38.8 Å². The van der Waals surface area contributed by atoms with Crippen LogP contribution in [0.5, 0.6) is 5.75 Å². The summed E-state index contributed by atoms with van der Waals surface area (Å²) >= 11 is 3.39. The Morgan fingerprint density at radius 2 is 1.47 bits per heavy atom. The fourth-order valence-corrected chi connectivity index (χ4v) is 8.98. The molecule has 5 amide bonds. The number of piperazine rings is 2. The molecule has 0 aliphatic carbocycles. The van der Waals surface area contributed by atoms with E-state index in [0.717, 1.165) is 4.90 Å². The number of allylic oxidation sites excluding steroid dienone is 1. The molecule has 0 radical (unpaired) electrons. The lowest BCUT2D eigenvalue weighted by Gasteiger charge is -2.49. The molecule has 53 heavy (non-hydrogen) atoms. The second-order valence-corrected chi connectivity index (χ2v) is 15.0. The van der Waals surface area contributed by atoms with Gasteiger partial charge in [0.2, 0.25) is 5.91 Å². The fraction of sp³-hybridized carbons (Fsp3) is 0.432. The number of amides is 5. The van der Waals surface area contributed by atoms with Gasteiger partial charge >= 0.3 is 11.9 Å². The minimum Gasteiger partial charge on any atom is -0.497 e. The third-order valence-electron chi connectivity index (χ3n) is 11.1. The summed E-state index contributed by atoms with van der Waals surface area (Å²) in [7, 11) is 1.49. The number of hydrogen-bond donors (Lipinski definition) is 1. The molecule has 7 rings (SSSR count). The van der Waals surface area contributed by atoms with Crippen molar-refractivity contribution in [2.24, 2.45) is 0 Å². The van der Waals surface area contributed by atoms with E-state index < -0.39 is 83.3 Å². The third-order valence-corrected chi connectivity index (χ3v) is 11.6. The van der Waals surface area contributed by atoms with Crippen molar-refractivity contribution in [1.29, 1.82) is 0 Å². The van der Waals surface area contributed by atoms with Gasteiger partial charge in [0.15, 0.2) is 0 Å². The number of carboxylic acid groups (broad SMARTS) is 1. The van der Waals surface area contributed by atoms with Crippen molar-refractivity contribution in [3.63, 3.8) is 0 Å². The summed E-state index contributed by atoms with van der Waals surface area (Å²) in [6.45, 7) is 4.01. The molecular formula is C37H38BrN5O10. The number of ether oxygens (including phenoxy) is 2. The topological polar surface area (TPSA) is 174 Å². The molecule has 5 heterocycles. The number of likely N-dealkylation sites (tertiary alicyclic amines) is 1. The molecule has 15 nitrogen and oxygen atoms in total. The Labute approximate surface area is 313 Å². The first-order chi connectivity index (χ1) is 25.3. The van der Waals surface area contributed by atoms with Crippen molar-refractivity contribution in [2.45, 2.75) is 74.3 Å². The first kappa shape index (κ1) is 36.1. The molecule has 2 aromatic carbocycles. The van der Waals surface area contributed by atoms with Crippen LogP contribution in [0.1, 0.15) is 39.0 Å². The molecule has 1 N–H and O–H groups in total. The number of benzene rings is 2. The van der Waals surface area contributed by atoms with Crippen molar-refractivity contribution >= 4 is 68.8 Å². The molecule has 6 atom stereocenters. The van der Waals surface area contributed by atoms with Gasteiger partial charge in [-0.15, -0.1) is 6.58 Å². The highest BCUT2D eigenvalue weighted by Crippen LogP contribution is 2.50. The maximum absolute atomic E-state index is 15.1. The number of hydrogen-bond acceptors (Lipinski definition) is 9. The summed E-state index contributed by atoms with van der Waals surface area (Å²) < 4.78 is 11.7. The molecule has 16 heteroatoms. The van der Waals surface area contributed by atoms with Gasteiger partial charge in [-0.1, -0.05) is 22.0 Å². The number of carboxylic acids is 1. The highest BCUT2D eigenvalue weighted by molar-refractivity contribution is 9.10. The predicted octanol–water partition coefficient (Wildman–Crippen LogP) is 2.11. The van der Waals surface area contributed by atoms with Crippen LogP contribution < -0.4 is 14.5 Å². The molecule has 2 spiro atoms. The number of methoxy groups -OCH3 is 1. The van der Waals surface area contributed by atoms with Crippen LogP contribution in [0.2, 0.25) is 0 Å². The molecule has 2 aromatic rings. The van der Waals surface area contributed by atoms with Gasteiger partial charge in [-0.25, -0.2) is 4.79 Å². The van der Waals surface area contributed by atoms with Gasteiger partial charge in [-0.3, -0.25) is 38.6 Å². The van der Waals surface area contributed by atoms with E-state index in [1.807, 2.05) is 0 Å². The quantitative estimate of drug-likeness (QED) is 0.308. The lowest BCUT2D eigenvalue weighted by molar-refractivity contribution is -0.151. The lowest BCUT2D eigenvalue weighted by atomic mass is 9.85. The number of nitrogens with zero attached hydrogens (tertiary/aromatic N) is 5. The average molecular weight is 793 g/mol. The SMILES string of the molecule is C=CCCC(=O)O[C@@H]1C[C@H]2C(=O)N(c3ccc(OC)cc3)C3(C[C@H]4C(=O)N(c5ccc(Br)cc5)C5(CC(C(=O)O)N(C(C)=O)C5)C(=O)N4C3)C(=O)N2C1. The van der Waals surface area contributed by atoms with Crippen molar-refractivity contribution in [3.05, 3.63) is 65.7 Å². The van der Waals surface area contributed by atoms with Crippen LogP contribution >= 0.6 is 15.9 Å². The maximum atomic E-state index is 15.1. The van der Waals surface area contributed by atoms with Crippen molar-refractivity contribution in [2.75, 3.05) is 36.5 Å². The molecule has 278 valence electrons. The minimum absolute atomic E-state index is 0.0529. The highest BCUT2D eigenvalue weighted by atomic mass is 79.9. The second kappa shape index (κ2) is 13.3. The van der Waals surface area contributed by atoms with E-state index in [9.17, 15) is 33.9 Å². The van der Waals surface area contributed by atoms with Gasteiger partial charge in [0, 0.05) is 48.5 Å². The van der Waals surface area contributed by atoms with E-state index in [2.05, 4.69) is 22.5 Å². The van der Waals surface area contributed by atoms with Crippen LogP contribution in [-0.4, -0.2) is 123 Å². The summed E-state index contributed by atoms with van der Waals surface area (Å²) in [5.41, 5.74) is -2.94. The smallest absolute Gasteiger partial charge is 0.326 e. The number of carbonyl (C=O) groups excluding carboxylic acids is 6. The first-order valence-corrected chi connectivity index (χ1v) is 18.1. The number of fused-ring (bicyclic) bond motifs is 2. The van der Waals surface area contributed by atoms with E-state index in [1.54, 1.807) is 54.6 Å². The van der Waals surface area contributed by atoms with Gasteiger partial charge in [-0.05, 0) is 55.0 Å². The Morgan fingerprint density at radius 1 is 0.887 bits per heavy atom. The van der Waals surface area contributed by atoms with Gasteiger partial charge < -0.3 is 29.3 Å². The van der Waals surface area contributed by atoms with Crippen molar-refractivity contribution in [1.82, 2.24) is 14.7 Å². The summed E-state index contributed by atoms with van der Waals surface area (Å²) in [5, 5.41) is 10.2. The number of aliphatic carboxylic acids is 1. The van der Waals surface area contributed by atoms with Crippen LogP contribution in [0.3, 0.4) is 0 Å². The molecule has 5 aliphatic rings. The number of esters is 1. The lowest BCUT2D eigenvalue weighted by Crippen LogP contribution is -2.73. The zero-order valence-electron chi connectivity index (χ0n) is 29.1. The van der Waals surface area contributed by atoms with E-state index in [0.29, 0.717) is 28.0 Å². The summed E-state index contributed by atoms with van der Waals surface area (Å²) in [4.78, 5) is 104. The number of carbonyl (C=O) groups is 7. The Kier molecular flexibility index (Phi) is 9.07. The average Bonchev–Trinajstić information content (AvgIpc) is 3.86. The fourth-order valence-electron chi connectivity index (χ4n) is 8.71. The van der Waals surface area contributed by atoms with E-state index >= 15 is 4.79 Å². The molecule has 5 aliphatic heterocycles. The largest absolute Gasteiger partial charge is 0.497 e. The van der Waals surface area contributed by atoms with Crippen LogP contribution in [0.4, 0.5) is 11.4 Å². The van der Waals surface area contributed by atoms with Crippen LogP contribution in [-0.2, 0) is 38.3 Å². The predicted molar refractivity (Wildman–Crippen MR) is 191 cm³/mol. The van der Waals surface area contributed by atoms with Gasteiger partial charge in [0.05, 0.1) is 26.7 Å². The molecule has 5 fully saturated rings. The Morgan fingerprint density at radius 3 is 2.04 bits per heavy atom. The van der Waals surface area contributed by atoms with Crippen LogP contribution in [0.15, 0.2) is 65.7 Å². The van der Waals surface area contributed by atoms with E-state index in [1.165, 1.54) is 33.6 Å². The normalized spacial score (nSPS) is 29.2. The van der Waals surface area contributed by atoms with Crippen molar-refractivity contribution in [3.8, 4) is 5.75 Å². The zero-order chi connectivity index (χ0) is 38.0. The van der Waals surface area contributed by atoms with E-state index in [4.69, 9.17) is 9.47 Å². The summed E-state index contributed by atoms with van der Waals surface area (Å²) in [6.07, 6.45) is 0.745. The first-order valence-electron chi connectivity index (χ1n) is 17.3. The third kappa shape index (κ3) is 5.65. The standard InChI is InChI=1S/C37H38BrN5O10/c1-4-5-6-30(45)53-26-15-27-31(46)42(24-11-13-25(52-3)14-12-24)36(34(50)39(27)18-26)16-28-32(47)43(23-9-7-22(38)8-10-23)37(35(51)41(28)20-36)17-29(33(48)49)40(19-37)21(2)44/h4,7-14,26-29H,1,5-6,15-20H2,2-3H3,(H,48,49)/t26-,27+,28+,29?,36?,37?/m1/s1. The molecular weight excluding hydrogens is 754 g/mol. The van der Waals surface area contributed by atoms with Crippen LogP contribution in [0, 0.1) is 0 Å². The molecule has 0 aromatic heterocycles. The highest BCUT2D eigenvalue weighted by Gasteiger charge is 2.71. The Hall–Kier alpha value is -5.25. The van der Waals surface area contributed by atoms with Crippen LogP contribution in [0.25, 0.3) is 0 Å². The molecule has 3 unspecified atom stereocenters. The summed E-state index contributed by atoms with van der Waals surface area (Å²) in [6, 6.07) is 9.51. The Bertz CT molecular complexity index is 1900. The number of rotatable bonds is 8. The molecule has 0 bridgehead atoms. The molecule has 0 saturated carbocycles. The number of anilines is 2.